The monoisotopic (exact) mass is 354 g/mol. The lowest BCUT2D eigenvalue weighted by molar-refractivity contribution is 0.273. The van der Waals surface area contributed by atoms with Crippen LogP contribution in [0.5, 0.6) is 0 Å². The molecule has 2 rings (SSSR count). The van der Waals surface area contributed by atoms with Gasteiger partial charge >= 0.3 is 0 Å². The number of aromatic nitrogens is 2. The molecule has 20 heavy (non-hydrogen) atoms. The maximum Gasteiger partial charge on any atom is 0.192 e. The fourth-order valence-electron chi connectivity index (χ4n) is 1.87. The summed E-state index contributed by atoms with van der Waals surface area (Å²) in [6, 6.07) is 4.16. The van der Waals surface area contributed by atoms with Gasteiger partial charge in [-0.15, -0.1) is 0 Å². The molecule has 2 aromatic heterocycles. The van der Waals surface area contributed by atoms with E-state index in [0.29, 0.717) is 0 Å². The zero-order valence-electron chi connectivity index (χ0n) is 12.9. The maximum atomic E-state index is 6.24. The molecule has 0 amide bonds. The molecular weight excluding hydrogens is 332 g/mol. The van der Waals surface area contributed by atoms with Crippen LogP contribution in [0.15, 0.2) is 29.1 Å². The fraction of sp³-hybridized carbons (Fsp3) is 0.533. The van der Waals surface area contributed by atoms with E-state index >= 15 is 0 Å². The summed E-state index contributed by atoms with van der Waals surface area (Å²) in [7, 11) is -1.65. The topological polar surface area (TPSA) is 27.1 Å². The first-order valence-electron chi connectivity index (χ1n) is 6.95. The van der Waals surface area contributed by atoms with Gasteiger partial charge in [-0.3, -0.25) is 0 Å². The van der Waals surface area contributed by atoms with E-state index in [1.165, 1.54) is 10.9 Å². The Morgan fingerprint density at radius 3 is 2.70 bits per heavy atom. The van der Waals surface area contributed by atoms with Crippen LogP contribution >= 0.6 is 15.9 Å². The number of nitrogens with zero attached hydrogens (tertiary/aromatic N) is 2. The highest BCUT2D eigenvalue weighted by Gasteiger charge is 2.36. The molecule has 0 aliphatic carbocycles. The molecule has 2 heterocycles. The van der Waals surface area contributed by atoms with E-state index in [1.54, 1.807) is 0 Å². The van der Waals surface area contributed by atoms with E-state index in [2.05, 4.69) is 77.7 Å². The first-order valence-corrected chi connectivity index (χ1v) is 10.7. The van der Waals surface area contributed by atoms with Crippen LogP contribution in [0, 0.1) is 0 Å². The van der Waals surface area contributed by atoms with Gasteiger partial charge in [0, 0.05) is 24.3 Å². The van der Waals surface area contributed by atoms with Crippen molar-refractivity contribution in [1.29, 1.82) is 0 Å². The lowest BCUT2D eigenvalue weighted by Crippen LogP contribution is -2.41. The second-order valence-corrected chi connectivity index (χ2v) is 12.3. The average Bonchev–Trinajstić information content (AvgIpc) is 2.70. The van der Waals surface area contributed by atoms with Crippen LogP contribution in [-0.4, -0.2) is 24.5 Å². The van der Waals surface area contributed by atoms with Crippen molar-refractivity contribution in [3.63, 3.8) is 0 Å². The Labute approximate surface area is 130 Å². The molecule has 0 saturated heterocycles. The molecule has 0 aliphatic heterocycles. The average molecular weight is 355 g/mol. The SMILES string of the molecule is CC(C)(C)[Si](C)(C)OCCn1ccc2cnc(Br)cc21. The Hall–Kier alpha value is -0.653. The van der Waals surface area contributed by atoms with Gasteiger partial charge in [-0.05, 0) is 46.2 Å². The Morgan fingerprint density at radius 1 is 1.35 bits per heavy atom. The lowest BCUT2D eigenvalue weighted by Gasteiger charge is -2.36. The molecule has 2 aromatic rings. The molecule has 0 saturated carbocycles. The Morgan fingerprint density at radius 2 is 2.05 bits per heavy atom. The standard InChI is InChI=1S/C15H23BrN2OSi/c1-15(2,3)20(4,5)19-9-8-18-7-6-12-11-17-14(16)10-13(12)18/h6-7,10-11H,8-9H2,1-5H3. The largest absolute Gasteiger partial charge is 0.415 e. The van der Waals surface area contributed by atoms with Gasteiger partial charge in [-0.1, -0.05) is 20.8 Å². The smallest absolute Gasteiger partial charge is 0.192 e. The lowest BCUT2D eigenvalue weighted by atomic mass is 10.2. The zero-order valence-corrected chi connectivity index (χ0v) is 15.5. The van der Waals surface area contributed by atoms with Crippen LogP contribution in [-0.2, 0) is 11.0 Å². The highest BCUT2D eigenvalue weighted by molar-refractivity contribution is 9.10. The predicted octanol–water partition coefficient (Wildman–Crippen LogP) is 4.82. The minimum Gasteiger partial charge on any atom is -0.415 e. The van der Waals surface area contributed by atoms with Crippen LogP contribution in [0.4, 0.5) is 0 Å². The van der Waals surface area contributed by atoms with E-state index in [4.69, 9.17) is 4.43 Å². The van der Waals surface area contributed by atoms with E-state index in [-0.39, 0.29) is 5.04 Å². The maximum absolute atomic E-state index is 6.24. The van der Waals surface area contributed by atoms with Crippen molar-refractivity contribution >= 4 is 35.2 Å². The van der Waals surface area contributed by atoms with Crippen LogP contribution in [0.3, 0.4) is 0 Å². The van der Waals surface area contributed by atoms with Crippen LogP contribution < -0.4 is 0 Å². The summed E-state index contributed by atoms with van der Waals surface area (Å²) in [5.41, 5.74) is 1.20. The summed E-state index contributed by atoms with van der Waals surface area (Å²) in [5.74, 6) is 0. The highest BCUT2D eigenvalue weighted by Crippen LogP contribution is 2.36. The first-order chi connectivity index (χ1) is 9.21. The summed E-state index contributed by atoms with van der Waals surface area (Å²) in [5, 5.41) is 1.43. The fourth-order valence-corrected chi connectivity index (χ4v) is 3.22. The number of fused-ring (bicyclic) bond motifs is 1. The zero-order chi connectivity index (χ0) is 15.0. The summed E-state index contributed by atoms with van der Waals surface area (Å²) in [4.78, 5) is 4.25. The van der Waals surface area contributed by atoms with Gasteiger partial charge in [-0.2, -0.15) is 0 Å². The summed E-state index contributed by atoms with van der Waals surface area (Å²) >= 11 is 3.43. The molecule has 0 atom stereocenters. The van der Waals surface area contributed by atoms with Crippen molar-refractivity contribution in [2.45, 2.75) is 45.4 Å². The van der Waals surface area contributed by atoms with Gasteiger partial charge in [0.2, 0.25) is 0 Å². The molecule has 0 aliphatic rings. The number of pyridine rings is 1. The molecule has 110 valence electrons. The van der Waals surface area contributed by atoms with E-state index < -0.39 is 8.32 Å². The number of halogens is 1. The Bertz CT molecular complexity index is 601. The van der Waals surface area contributed by atoms with Crippen molar-refractivity contribution in [1.82, 2.24) is 9.55 Å². The van der Waals surface area contributed by atoms with Crippen molar-refractivity contribution in [2.24, 2.45) is 0 Å². The Kier molecular flexibility index (Phi) is 4.42. The molecule has 0 aromatic carbocycles. The van der Waals surface area contributed by atoms with E-state index in [9.17, 15) is 0 Å². The molecule has 0 radical (unpaired) electrons. The quantitative estimate of drug-likeness (QED) is 0.581. The molecular formula is C15H23BrN2OSi. The van der Waals surface area contributed by atoms with Crippen LogP contribution in [0.2, 0.25) is 18.1 Å². The van der Waals surface area contributed by atoms with Gasteiger partial charge < -0.3 is 8.99 Å². The van der Waals surface area contributed by atoms with Gasteiger partial charge in [-0.25, -0.2) is 4.98 Å². The molecule has 3 nitrogen and oxygen atoms in total. The molecule has 0 unspecified atom stereocenters. The minimum atomic E-state index is -1.65. The minimum absolute atomic E-state index is 0.263. The molecule has 0 bridgehead atoms. The predicted molar refractivity (Wildman–Crippen MR) is 90.6 cm³/mol. The molecule has 0 N–H and O–H groups in total. The number of rotatable bonds is 4. The second-order valence-electron chi connectivity index (χ2n) is 6.68. The van der Waals surface area contributed by atoms with Crippen molar-refractivity contribution < 1.29 is 4.43 Å². The van der Waals surface area contributed by atoms with Crippen molar-refractivity contribution in [3.05, 3.63) is 29.1 Å². The van der Waals surface area contributed by atoms with Gasteiger partial charge in [0.05, 0.1) is 12.1 Å². The highest BCUT2D eigenvalue weighted by atomic mass is 79.9. The van der Waals surface area contributed by atoms with Gasteiger partial charge in [0.15, 0.2) is 8.32 Å². The normalized spacial score (nSPS) is 13.1. The summed E-state index contributed by atoms with van der Waals surface area (Å²) in [6.07, 6.45) is 4.00. The third-order valence-electron chi connectivity index (χ3n) is 4.22. The third kappa shape index (κ3) is 3.32. The summed E-state index contributed by atoms with van der Waals surface area (Å²) in [6.45, 7) is 13.0. The molecule has 5 heteroatoms. The first kappa shape index (κ1) is 15.7. The molecule has 0 fully saturated rings. The van der Waals surface area contributed by atoms with Crippen LogP contribution in [0.25, 0.3) is 10.9 Å². The van der Waals surface area contributed by atoms with E-state index in [0.717, 1.165) is 17.8 Å². The summed E-state index contributed by atoms with van der Waals surface area (Å²) < 4.78 is 9.34. The Balaban J connectivity index is 2.05. The molecule has 0 spiro atoms. The van der Waals surface area contributed by atoms with E-state index in [1.807, 2.05) is 6.20 Å². The van der Waals surface area contributed by atoms with Crippen molar-refractivity contribution in [2.75, 3.05) is 6.61 Å². The number of hydrogen-bond acceptors (Lipinski definition) is 2. The van der Waals surface area contributed by atoms with Gasteiger partial charge in [0.25, 0.3) is 0 Å². The third-order valence-corrected chi connectivity index (χ3v) is 9.20. The number of hydrogen-bond donors (Lipinski definition) is 0. The second kappa shape index (κ2) is 5.62. The van der Waals surface area contributed by atoms with Crippen LogP contribution in [0.1, 0.15) is 20.8 Å². The van der Waals surface area contributed by atoms with Crippen molar-refractivity contribution in [3.8, 4) is 0 Å². The van der Waals surface area contributed by atoms with Gasteiger partial charge in [0.1, 0.15) is 4.60 Å².